The number of carboxylic acids is 1. The molecule has 0 aliphatic carbocycles. The summed E-state index contributed by atoms with van der Waals surface area (Å²) in [6.45, 7) is 1.19. The van der Waals surface area contributed by atoms with Gasteiger partial charge >= 0.3 is 5.97 Å². The van der Waals surface area contributed by atoms with E-state index in [0.717, 1.165) is 0 Å². The second-order valence-electron chi connectivity index (χ2n) is 1.50. The van der Waals surface area contributed by atoms with E-state index in [1.165, 1.54) is 6.92 Å². The Morgan fingerprint density at radius 2 is 2.10 bits per heavy atom. The number of rotatable bonds is 3. The van der Waals surface area contributed by atoms with Crippen LogP contribution in [-0.2, 0) is 9.59 Å². The van der Waals surface area contributed by atoms with Crippen LogP contribution in [0.5, 0.6) is 0 Å². The summed E-state index contributed by atoms with van der Waals surface area (Å²) in [6.07, 6.45) is 0.0405. The van der Waals surface area contributed by atoms with Gasteiger partial charge in [0.05, 0.1) is 0 Å². The molecular formula is C4H7NNaO4. The average molecular weight is 156 g/mol. The molecule has 0 aromatic rings. The van der Waals surface area contributed by atoms with E-state index in [1.807, 2.05) is 0 Å². The Labute approximate surface area is 79.9 Å². The van der Waals surface area contributed by atoms with Crippen LogP contribution in [0.3, 0.4) is 0 Å². The van der Waals surface area contributed by atoms with Crippen LogP contribution in [0.15, 0.2) is 0 Å². The summed E-state index contributed by atoms with van der Waals surface area (Å²) in [5.74, 6) is -1.25. The normalized spacial score (nSPS) is 11.0. The van der Waals surface area contributed by atoms with Crippen LogP contribution in [0.25, 0.3) is 0 Å². The number of carboxylic acid groups (broad SMARTS) is 1. The van der Waals surface area contributed by atoms with Crippen LogP contribution in [0, 0.1) is 0 Å². The van der Waals surface area contributed by atoms with Gasteiger partial charge in [0.25, 0.3) is 0 Å². The Kier molecular flexibility index (Phi) is 7.12. The summed E-state index contributed by atoms with van der Waals surface area (Å²) in [7, 11) is 0. The summed E-state index contributed by atoms with van der Waals surface area (Å²) < 4.78 is 0. The van der Waals surface area contributed by atoms with Crippen molar-refractivity contribution in [2.45, 2.75) is 13.0 Å². The molecule has 0 aromatic heterocycles. The third kappa shape index (κ3) is 3.84. The summed E-state index contributed by atoms with van der Waals surface area (Å²) >= 11 is 0. The Morgan fingerprint density at radius 3 is 2.20 bits per heavy atom. The zero-order chi connectivity index (χ0) is 7.44. The zero-order valence-corrected chi connectivity index (χ0v) is 7.81. The van der Waals surface area contributed by atoms with Crippen molar-refractivity contribution in [2.24, 2.45) is 0 Å². The molecule has 1 unspecified atom stereocenters. The smallest absolute Gasteiger partial charge is 0.328 e. The van der Waals surface area contributed by atoms with Crippen LogP contribution in [0.2, 0.25) is 0 Å². The van der Waals surface area contributed by atoms with E-state index in [9.17, 15) is 9.59 Å². The van der Waals surface area contributed by atoms with E-state index < -0.39 is 12.0 Å². The van der Waals surface area contributed by atoms with Gasteiger partial charge in [0, 0.05) is 29.6 Å². The second-order valence-corrected chi connectivity index (χ2v) is 1.50. The minimum Gasteiger partial charge on any atom is -0.480 e. The van der Waals surface area contributed by atoms with Crippen LogP contribution >= 0.6 is 0 Å². The van der Waals surface area contributed by atoms with E-state index in [1.54, 1.807) is 0 Å². The van der Waals surface area contributed by atoms with Crippen molar-refractivity contribution in [1.29, 1.82) is 0 Å². The molecule has 0 saturated carbocycles. The third-order valence-corrected chi connectivity index (χ3v) is 0.862. The quantitative estimate of drug-likeness (QED) is 0.236. The monoisotopic (exact) mass is 156 g/mol. The molecule has 10 heavy (non-hydrogen) atoms. The number of hydrogen-bond donors (Lipinski definition) is 2. The molecule has 5 nitrogen and oxygen atoms in total. The van der Waals surface area contributed by atoms with E-state index in [0.29, 0.717) is 0 Å². The number of carbonyl (C=O) groups excluding carboxylic acids is 1. The molecule has 0 aromatic carbocycles. The Hall–Kier alpha value is -0.100. The minimum absolute atomic E-state index is 0. The van der Waals surface area contributed by atoms with Gasteiger partial charge in [0.2, 0.25) is 6.41 Å². The van der Waals surface area contributed by atoms with Crippen LogP contribution in [-0.4, -0.2) is 63.4 Å². The molecule has 0 rings (SSSR count). The number of carbonyl (C=O) groups is 2. The van der Waals surface area contributed by atoms with Crippen molar-refractivity contribution < 1.29 is 19.9 Å². The van der Waals surface area contributed by atoms with Gasteiger partial charge in [-0.05, 0) is 6.92 Å². The van der Waals surface area contributed by atoms with Crippen LogP contribution in [0.1, 0.15) is 6.92 Å². The number of hydrogen-bond acceptors (Lipinski definition) is 3. The maximum atomic E-state index is 9.94. The van der Waals surface area contributed by atoms with Crippen molar-refractivity contribution in [2.75, 3.05) is 0 Å². The molecule has 0 aliphatic rings. The predicted octanol–water partition coefficient (Wildman–Crippen LogP) is -1.07. The van der Waals surface area contributed by atoms with E-state index in [-0.39, 0.29) is 41.0 Å². The first kappa shape index (κ1) is 12.6. The van der Waals surface area contributed by atoms with Crippen molar-refractivity contribution in [1.82, 2.24) is 5.06 Å². The SMILES string of the molecule is CC(C(=O)O)N(O)C=O.[Na]. The Balaban J connectivity index is 0. The van der Waals surface area contributed by atoms with E-state index in [2.05, 4.69) is 0 Å². The van der Waals surface area contributed by atoms with Gasteiger partial charge in [-0.1, -0.05) is 0 Å². The van der Waals surface area contributed by atoms with Gasteiger partial charge in [-0.15, -0.1) is 0 Å². The van der Waals surface area contributed by atoms with E-state index >= 15 is 0 Å². The molecule has 53 valence electrons. The molecule has 0 fully saturated rings. The second kappa shape index (κ2) is 5.67. The van der Waals surface area contributed by atoms with Gasteiger partial charge < -0.3 is 5.11 Å². The molecule has 1 radical (unpaired) electrons. The molecule has 2 N–H and O–H groups in total. The van der Waals surface area contributed by atoms with Gasteiger partial charge in [-0.25, -0.2) is 9.86 Å². The van der Waals surface area contributed by atoms with Crippen molar-refractivity contribution in [3.63, 3.8) is 0 Å². The largest absolute Gasteiger partial charge is 0.480 e. The maximum Gasteiger partial charge on any atom is 0.328 e. The molecule has 0 heterocycles. The average Bonchev–Trinajstić information content (AvgIpc) is 1.84. The number of hydroxylamine groups is 2. The zero-order valence-electron chi connectivity index (χ0n) is 5.81. The summed E-state index contributed by atoms with van der Waals surface area (Å²) in [5.41, 5.74) is 0. The molecule has 0 aliphatic heterocycles. The number of nitrogens with zero attached hydrogens (tertiary/aromatic N) is 1. The first-order chi connectivity index (χ1) is 4.09. The molecular weight excluding hydrogens is 149 g/mol. The first-order valence-electron chi connectivity index (χ1n) is 2.25. The third-order valence-electron chi connectivity index (χ3n) is 0.862. The predicted molar refractivity (Wildman–Crippen MR) is 32.5 cm³/mol. The maximum absolute atomic E-state index is 9.94. The van der Waals surface area contributed by atoms with Crippen molar-refractivity contribution in [3.8, 4) is 0 Å². The molecule has 6 heteroatoms. The molecule has 0 saturated heterocycles. The fourth-order valence-corrected chi connectivity index (χ4v) is 0.204. The standard InChI is InChI=1S/C4H7NO4.Na/c1-3(4(7)8)5(9)2-6;/h2-3,9H,1H3,(H,7,8);. The number of aliphatic carboxylic acids is 1. The fraction of sp³-hybridized carbons (Fsp3) is 0.500. The minimum atomic E-state index is -1.25. The molecule has 1 amide bonds. The Bertz CT molecular complexity index is 128. The molecule has 0 spiro atoms. The van der Waals surface area contributed by atoms with Crippen LogP contribution in [0.4, 0.5) is 0 Å². The van der Waals surface area contributed by atoms with Crippen molar-refractivity contribution in [3.05, 3.63) is 0 Å². The van der Waals surface area contributed by atoms with E-state index in [4.69, 9.17) is 10.3 Å². The topological polar surface area (TPSA) is 77.8 Å². The fourth-order valence-electron chi connectivity index (χ4n) is 0.204. The van der Waals surface area contributed by atoms with Crippen molar-refractivity contribution >= 4 is 41.9 Å². The Morgan fingerprint density at radius 1 is 1.70 bits per heavy atom. The number of amides is 1. The summed E-state index contributed by atoms with van der Waals surface area (Å²) in [6, 6.07) is -1.18. The first-order valence-corrected chi connectivity index (χ1v) is 2.25. The molecule has 0 bridgehead atoms. The van der Waals surface area contributed by atoms with Crippen LogP contribution < -0.4 is 0 Å². The summed E-state index contributed by atoms with van der Waals surface area (Å²) in [4.78, 5) is 19.6. The molecule has 1 atom stereocenters. The van der Waals surface area contributed by atoms with Gasteiger partial charge in [0.15, 0.2) is 6.04 Å². The summed E-state index contributed by atoms with van der Waals surface area (Å²) in [5, 5.41) is 16.6. The van der Waals surface area contributed by atoms with Gasteiger partial charge in [0.1, 0.15) is 0 Å². The van der Waals surface area contributed by atoms with Gasteiger partial charge in [-0.3, -0.25) is 10.0 Å². The van der Waals surface area contributed by atoms with Gasteiger partial charge in [-0.2, -0.15) is 0 Å².